The Labute approximate surface area is 114 Å². The summed E-state index contributed by atoms with van der Waals surface area (Å²) in [7, 11) is 0. The summed E-state index contributed by atoms with van der Waals surface area (Å²) in [5.74, 6) is 1.32. The Bertz CT molecular complexity index is 572. The third-order valence-electron chi connectivity index (χ3n) is 3.37. The van der Waals surface area contributed by atoms with Crippen LogP contribution in [0.25, 0.3) is 11.0 Å². The quantitative estimate of drug-likeness (QED) is 0.830. The smallest absolute Gasteiger partial charge is 0.138 e. The van der Waals surface area contributed by atoms with E-state index in [1.807, 2.05) is 18.2 Å². The third kappa shape index (κ3) is 2.73. The van der Waals surface area contributed by atoms with E-state index in [0.717, 1.165) is 17.5 Å². The van der Waals surface area contributed by atoms with Gasteiger partial charge in [0, 0.05) is 11.7 Å². The first-order chi connectivity index (χ1) is 8.90. The topological polar surface area (TPSA) is 64.1 Å². The van der Waals surface area contributed by atoms with Crippen LogP contribution in [0, 0.1) is 5.92 Å². The molecule has 2 aromatic rings. The molecule has 0 aliphatic heterocycles. The molecule has 0 saturated carbocycles. The summed E-state index contributed by atoms with van der Waals surface area (Å²) in [4.78, 5) is 4.53. The van der Waals surface area contributed by atoms with E-state index in [1.165, 1.54) is 0 Å². The molecule has 4 heteroatoms. The van der Waals surface area contributed by atoms with Crippen LogP contribution in [0.2, 0.25) is 0 Å². The fourth-order valence-corrected chi connectivity index (χ4v) is 2.68. The number of imidazole rings is 1. The van der Waals surface area contributed by atoms with Gasteiger partial charge in [-0.3, -0.25) is 0 Å². The molecule has 3 N–H and O–H groups in total. The second-order valence-electron chi connectivity index (χ2n) is 5.74. The number of hydrogen-bond acceptors (Lipinski definition) is 3. The first-order valence-electron chi connectivity index (χ1n) is 6.85. The number of nitrogens with zero attached hydrogens (tertiary/aromatic N) is 2. The van der Waals surface area contributed by atoms with Crippen LogP contribution in [-0.4, -0.2) is 14.7 Å². The van der Waals surface area contributed by atoms with Crippen molar-refractivity contribution in [1.29, 1.82) is 0 Å². The number of hydrogen-bond donors (Lipinski definition) is 2. The van der Waals surface area contributed by atoms with Gasteiger partial charge in [-0.1, -0.05) is 13.8 Å². The number of benzene rings is 1. The van der Waals surface area contributed by atoms with Crippen molar-refractivity contribution in [3.63, 3.8) is 0 Å². The molecular formula is C15H23N3O. The molecule has 1 aromatic carbocycles. The lowest BCUT2D eigenvalue weighted by Gasteiger charge is -2.20. The zero-order valence-electron chi connectivity index (χ0n) is 12.1. The third-order valence-corrected chi connectivity index (χ3v) is 3.37. The maximum atomic E-state index is 9.94. The highest BCUT2D eigenvalue weighted by Gasteiger charge is 2.19. The van der Waals surface area contributed by atoms with Crippen LogP contribution < -0.4 is 5.73 Å². The standard InChI is InChI=1S/C15H23N3O/c1-9(2)7-10(3)18-14-6-5-12(16)8-13(14)17-15(18)11(4)19/h5-6,8-11,19H,7,16H2,1-4H3. The molecule has 0 spiro atoms. The lowest BCUT2D eigenvalue weighted by molar-refractivity contribution is 0.180. The zero-order valence-corrected chi connectivity index (χ0v) is 12.1. The molecule has 2 atom stereocenters. The second kappa shape index (κ2) is 5.21. The monoisotopic (exact) mass is 261 g/mol. The number of rotatable bonds is 4. The highest BCUT2D eigenvalue weighted by molar-refractivity contribution is 5.79. The largest absolute Gasteiger partial charge is 0.399 e. The molecule has 104 valence electrons. The van der Waals surface area contributed by atoms with Crippen LogP contribution in [0.3, 0.4) is 0 Å². The number of aromatic nitrogens is 2. The van der Waals surface area contributed by atoms with Crippen molar-refractivity contribution in [1.82, 2.24) is 9.55 Å². The molecule has 2 unspecified atom stereocenters. The highest BCUT2D eigenvalue weighted by atomic mass is 16.3. The molecule has 0 amide bonds. The van der Waals surface area contributed by atoms with Gasteiger partial charge >= 0.3 is 0 Å². The average Bonchev–Trinajstić information content (AvgIpc) is 2.66. The lowest BCUT2D eigenvalue weighted by atomic mass is 10.0. The van der Waals surface area contributed by atoms with Gasteiger partial charge in [-0.05, 0) is 44.4 Å². The number of anilines is 1. The Hall–Kier alpha value is -1.55. The predicted octanol–water partition coefficient (Wildman–Crippen LogP) is 3.28. The van der Waals surface area contributed by atoms with E-state index in [0.29, 0.717) is 23.5 Å². The number of aliphatic hydroxyl groups is 1. The molecule has 4 nitrogen and oxygen atoms in total. The molecule has 0 bridgehead atoms. The van der Waals surface area contributed by atoms with E-state index >= 15 is 0 Å². The van der Waals surface area contributed by atoms with Crippen molar-refractivity contribution in [2.45, 2.75) is 46.3 Å². The fourth-order valence-electron chi connectivity index (χ4n) is 2.68. The van der Waals surface area contributed by atoms with E-state index in [1.54, 1.807) is 6.92 Å². The number of nitrogen functional groups attached to an aromatic ring is 1. The minimum absolute atomic E-state index is 0.304. The Morgan fingerprint density at radius 2 is 1.95 bits per heavy atom. The predicted molar refractivity (Wildman–Crippen MR) is 78.9 cm³/mol. The van der Waals surface area contributed by atoms with Crippen LogP contribution >= 0.6 is 0 Å². The molecule has 0 aliphatic rings. The minimum Gasteiger partial charge on any atom is -0.399 e. The van der Waals surface area contributed by atoms with Crippen molar-refractivity contribution in [3.05, 3.63) is 24.0 Å². The molecular weight excluding hydrogens is 238 g/mol. The van der Waals surface area contributed by atoms with Gasteiger partial charge in [-0.2, -0.15) is 0 Å². The van der Waals surface area contributed by atoms with Crippen LogP contribution in [0.5, 0.6) is 0 Å². The lowest BCUT2D eigenvalue weighted by Crippen LogP contribution is -2.13. The molecule has 1 aromatic heterocycles. The Balaban J connectivity index is 2.58. The molecule has 19 heavy (non-hydrogen) atoms. The van der Waals surface area contributed by atoms with Crippen LogP contribution in [0.15, 0.2) is 18.2 Å². The maximum Gasteiger partial charge on any atom is 0.138 e. The van der Waals surface area contributed by atoms with Gasteiger partial charge in [-0.25, -0.2) is 4.98 Å². The summed E-state index contributed by atoms with van der Waals surface area (Å²) < 4.78 is 2.14. The van der Waals surface area contributed by atoms with Gasteiger partial charge in [0.1, 0.15) is 11.9 Å². The van der Waals surface area contributed by atoms with Crippen molar-refractivity contribution < 1.29 is 5.11 Å². The first kappa shape index (κ1) is 13.9. The summed E-state index contributed by atoms with van der Waals surface area (Å²) in [6.45, 7) is 8.33. The molecule has 2 rings (SSSR count). The first-order valence-corrected chi connectivity index (χ1v) is 6.85. The molecule has 0 fully saturated rings. The summed E-state index contributed by atoms with van der Waals surface area (Å²) >= 11 is 0. The van der Waals surface area contributed by atoms with E-state index in [4.69, 9.17) is 5.73 Å². The summed E-state index contributed by atoms with van der Waals surface area (Å²) in [6.07, 6.45) is 0.471. The SMILES string of the molecule is CC(C)CC(C)n1c(C(C)O)nc2cc(N)ccc21. The van der Waals surface area contributed by atoms with Crippen LogP contribution in [0.4, 0.5) is 5.69 Å². The van der Waals surface area contributed by atoms with Gasteiger partial charge in [0.25, 0.3) is 0 Å². The molecule has 0 radical (unpaired) electrons. The fraction of sp³-hybridized carbons (Fsp3) is 0.533. The summed E-state index contributed by atoms with van der Waals surface area (Å²) in [5, 5.41) is 9.94. The van der Waals surface area contributed by atoms with E-state index in [9.17, 15) is 5.11 Å². The molecule has 0 saturated heterocycles. The number of fused-ring (bicyclic) bond motifs is 1. The highest BCUT2D eigenvalue weighted by Crippen LogP contribution is 2.29. The maximum absolute atomic E-state index is 9.94. The second-order valence-corrected chi connectivity index (χ2v) is 5.74. The van der Waals surface area contributed by atoms with Gasteiger partial charge in [0.2, 0.25) is 0 Å². The Kier molecular flexibility index (Phi) is 3.80. The van der Waals surface area contributed by atoms with Gasteiger partial charge < -0.3 is 15.4 Å². The Morgan fingerprint density at radius 3 is 2.53 bits per heavy atom. The summed E-state index contributed by atoms with van der Waals surface area (Å²) in [5.41, 5.74) is 8.40. The van der Waals surface area contributed by atoms with E-state index in [-0.39, 0.29) is 0 Å². The van der Waals surface area contributed by atoms with Gasteiger partial charge in [0.05, 0.1) is 11.0 Å². The Morgan fingerprint density at radius 1 is 1.26 bits per heavy atom. The minimum atomic E-state index is -0.580. The zero-order chi connectivity index (χ0) is 14.2. The number of aliphatic hydroxyl groups excluding tert-OH is 1. The molecule has 0 aliphatic carbocycles. The van der Waals surface area contributed by atoms with Gasteiger partial charge in [0.15, 0.2) is 0 Å². The normalized spacial score (nSPS) is 15.1. The van der Waals surface area contributed by atoms with Crippen molar-refractivity contribution >= 4 is 16.7 Å². The van der Waals surface area contributed by atoms with Crippen LogP contribution in [-0.2, 0) is 0 Å². The summed E-state index contributed by atoms with van der Waals surface area (Å²) in [6, 6.07) is 6.03. The van der Waals surface area contributed by atoms with Crippen molar-refractivity contribution in [2.24, 2.45) is 5.92 Å². The molecule has 1 heterocycles. The van der Waals surface area contributed by atoms with Crippen molar-refractivity contribution in [2.75, 3.05) is 5.73 Å². The number of nitrogens with two attached hydrogens (primary N) is 1. The van der Waals surface area contributed by atoms with Gasteiger partial charge in [-0.15, -0.1) is 0 Å². The van der Waals surface area contributed by atoms with Crippen LogP contribution in [0.1, 0.15) is 52.1 Å². The van der Waals surface area contributed by atoms with Crippen molar-refractivity contribution in [3.8, 4) is 0 Å². The van der Waals surface area contributed by atoms with E-state index < -0.39 is 6.10 Å². The average molecular weight is 261 g/mol. The van der Waals surface area contributed by atoms with E-state index in [2.05, 4.69) is 30.3 Å².